The van der Waals surface area contributed by atoms with Crippen LogP contribution in [-0.2, 0) is 11.2 Å². The van der Waals surface area contributed by atoms with Crippen LogP contribution in [0.2, 0.25) is 0 Å². The van der Waals surface area contributed by atoms with Crippen molar-refractivity contribution in [3.05, 3.63) is 35.4 Å². The Hall–Kier alpha value is -0.860. The van der Waals surface area contributed by atoms with Gasteiger partial charge < -0.3 is 9.84 Å². The van der Waals surface area contributed by atoms with Crippen molar-refractivity contribution in [1.82, 2.24) is 0 Å². The summed E-state index contributed by atoms with van der Waals surface area (Å²) >= 11 is 0. The van der Waals surface area contributed by atoms with Gasteiger partial charge in [-0.15, -0.1) is 0 Å². The van der Waals surface area contributed by atoms with Gasteiger partial charge >= 0.3 is 0 Å². The maximum atomic E-state index is 9.84. The molecule has 1 N–H and O–H groups in total. The summed E-state index contributed by atoms with van der Waals surface area (Å²) in [4.78, 5) is 0. The van der Waals surface area contributed by atoms with Crippen LogP contribution in [0, 0.1) is 0 Å². The van der Waals surface area contributed by atoms with E-state index in [2.05, 4.69) is 18.2 Å². The summed E-state index contributed by atoms with van der Waals surface area (Å²) in [6.07, 6.45) is 2.83. The number of fused-ring (bicyclic) bond motifs is 4. The Kier molecular flexibility index (Phi) is 1.85. The van der Waals surface area contributed by atoms with Gasteiger partial charge in [0, 0.05) is 0 Å². The van der Waals surface area contributed by atoms with Crippen molar-refractivity contribution in [3.63, 3.8) is 0 Å². The molecule has 3 rings (SSSR count). The number of hydrogen-bond donors (Lipinski definition) is 1. The van der Waals surface area contributed by atoms with E-state index in [4.69, 9.17) is 4.74 Å². The van der Waals surface area contributed by atoms with E-state index in [-0.39, 0.29) is 12.2 Å². The lowest BCUT2D eigenvalue weighted by atomic mass is 9.85. The van der Waals surface area contributed by atoms with Gasteiger partial charge in [-0.1, -0.05) is 24.3 Å². The molecule has 0 aliphatic carbocycles. The minimum atomic E-state index is -0.312. The summed E-state index contributed by atoms with van der Waals surface area (Å²) in [6.45, 7) is 0. The van der Waals surface area contributed by atoms with Crippen LogP contribution in [-0.4, -0.2) is 17.3 Å². The first kappa shape index (κ1) is 8.45. The number of benzene rings is 1. The summed E-state index contributed by atoms with van der Waals surface area (Å²) in [5.74, 6) is 0. The van der Waals surface area contributed by atoms with Crippen molar-refractivity contribution in [3.8, 4) is 0 Å². The largest absolute Gasteiger partial charge is 0.390 e. The normalized spacial score (nSPS) is 35.1. The van der Waals surface area contributed by atoms with Gasteiger partial charge in [-0.25, -0.2) is 0 Å². The van der Waals surface area contributed by atoms with Crippen LogP contribution >= 0.6 is 0 Å². The minimum Gasteiger partial charge on any atom is -0.390 e. The molecule has 2 nitrogen and oxygen atoms in total. The molecule has 0 radical (unpaired) electrons. The second-order valence-electron chi connectivity index (χ2n) is 4.23. The van der Waals surface area contributed by atoms with Crippen molar-refractivity contribution < 1.29 is 9.84 Å². The number of aliphatic hydroxyl groups is 1. The standard InChI is InChI=1S/C12H14O2/c13-11-6-5-9-7-8-3-1-2-4-10(8)12(11)14-9/h1-4,9,11-13H,5-7H2/t9-,11-,12-/m1/s1. The molecule has 2 aliphatic rings. The first-order valence-electron chi connectivity index (χ1n) is 5.26. The van der Waals surface area contributed by atoms with Crippen molar-refractivity contribution in [1.29, 1.82) is 0 Å². The van der Waals surface area contributed by atoms with Crippen LogP contribution in [0.3, 0.4) is 0 Å². The van der Waals surface area contributed by atoms with Gasteiger partial charge in [0.1, 0.15) is 6.10 Å². The van der Waals surface area contributed by atoms with Crippen LogP contribution in [0.5, 0.6) is 0 Å². The molecule has 74 valence electrons. The fourth-order valence-electron chi connectivity index (χ4n) is 2.55. The third-order valence-electron chi connectivity index (χ3n) is 3.28. The SMILES string of the molecule is O[C@@H]1CC[C@@H]2Cc3ccccc3[C@H]1O2. The molecule has 0 unspecified atom stereocenters. The Balaban J connectivity index is 2.06. The number of rotatable bonds is 0. The maximum absolute atomic E-state index is 9.84. The zero-order chi connectivity index (χ0) is 9.54. The summed E-state index contributed by atoms with van der Waals surface area (Å²) < 4.78 is 5.81. The van der Waals surface area contributed by atoms with Crippen molar-refractivity contribution in [2.45, 2.75) is 37.6 Å². The van der Waals surface area contributed by atoms with Crippen molar-refractivity contribution in [2.24, 2.45) is 0 Å². The lowest BCUT2D eigenvalue weighted by Crippen LogP contribution is -2.38. The summed E-state index contributed by atoms with van der Waals surface area (Å²) in [5, 5.41) is 9.84. The van der Waals surface area contributed by atoms with Gasteiger partial charge in [0.2, 0.25) is 0 Å². The third-order valence-corrected chi connectivity index (χ3v) is 3.28. The third kappa shape index (κ3) is 1.18. The minimum absolute atomic E-state index is 0.0706. The molecule has 0 saturated carbocycles. The highest BCUT2D eigenvalue weighted by Gasteiger charge is 2.36. The smallest absolute Gasteiger partial charge is 0.109 e. The topological polar surface area (TPSA) is 29.5 Å². The Morgan fingerprint density at radius 1 is 1.21 bits per heavy atom. The molecule has 14 heavy (non-hydrogen) atoms. The van der Waals surface area contributed by atoms with Crippen molar-refractivity contribution >= 4 is 0 Å². The summed E-state index contributed by atoms with van der Waals surface area (Å²) in [5.41, 5.74) is 2.54. The van der Waals surface area contributed by atoms with E-state index < -0.39 is 0 Å². The molecule has 0 amide bonds. The molecule has 2 heteroatoms. The van der Waals surface area contributed by atoms with Crippen molar-refractivity contribution in [2.75, 3.05) is 0 Å². The number of ether oxygens (including phenoxy) is 1. The Bertz CT molecular complexity index is 348. The molecule has 1 fully saturated rings. The van der Waals surface area contributed by atoms with E-state index in [1.54, 1.807) is 0 Å². The molecule has 1 aromatic carbocycles. The lowest BCUT2D eigenvalue weighted by Gasteiger charge is -2.39. The quantitative estimate of drug-likeness (QED) is 0.676. The molecular weight excluding hydrogens is 176 g/mol. The molecule has 2 aliphatic heterocycles. The van der Waals surface area contributed by atoms with Gasteiger partial charge in [-0.3, -0.25) is 0 Å². The zero-order valence-corrected chi connectivity index (χ0v) is 8.02. The van der Waals surface area contributed by atoms with Crippen LogP contribution in [0.1, 0.15) is 30.1 Å². The molecule has 2 bridgehead atoms. The monoisotopic (exact) mass is 190 g/mol. The zero-order valence-electron chi connectivity index (χ0n) is 8.02. The van der Waals surface area contributed by atoms with E-state index in [1.165, 1.54) is 11.1 Å². The van der Waals surface area contributed by atoms with Crippen LogP contribution in [0.25, 0.3) is 0 Å². The highest BCUT2D eigenvalue weighted by atomic mass is 16.5. The molecule has 2 heterocycles. The van der Waals surface area contributed by atoms with E-state index in [0.717, 1.165) is 19.3 Å². The molecule has 1 aromatic rings. The van der Waals surface area contributed by atoms with E-state index >= 15 is 0 Å². The van der Waals surface area contributed by atoms with Crippen LogP contribution in [0.15, 0.2) is 24.3 Å². The van der Waals surface area contributed by atoms with Crippen LogP contribution in [0.4, 0.5) is 0 Å². The number of hydrogen-bond acceptors (Lipinski definition) is 2. The molecule has 0 spiro atoms. The molecule has 1 saturated heterocycles. The molecular formula is C12H14O2. The van der Waals surface area contributed by atoms with E-state index in [1.807, 2.05) is 6.07 Å². The predicted molar refractivity (Wildman–Crippen MR) is 53.0 cm³/mol. The van der Waals surface area contributed by atoms with E-state index in [9.17, 15) is 5.11 Å². The predicted octanol–water partition coefficient (Wildman–Crippen LogP) is 1.82. The average Bonchev–Trinajstić information content (AvgIpc) is 2.23. The van der Waals surface area contributed by atoms with Gasteiger partial charge in [-0.05, 0) is 30.4 Å². The first-order valence-corrected chi connectivity index (χ1v) is 5.26. The molecule has 0 aromatic heterocycles. The van der Waals surface area contributed by atoms with E-state index in [0.29, 0.717) is 6.10 Å². The highest BCUT2D eigenvalue weighted by molar-refractivity contribution is 5.33. The second-order valence-corrected chi connectivity index (χ2v) is 4.23. The summed E-state index contributed by atoms with van der Waals surface area (Å²) in [7, 11) is 0. The van der Waals surface area contributed by atoms with Gasteiger partial charge in [0.15, 0.2) is 0 Å². The summed E-state index contributed by atoms with van der Waals surface area (Å²) in [6, 6.07) is 8.30. The maximum Gasteiger partial charge on any atom is 0.109 e. The molecule has 3 atom stereocenters. The Morgan fingerprint density at radius 3 is 3.00 bits per heavy atom. The second kappa shape index (κ2) is 3.07. The van der Waals surface area contributed by atoms with Gasteiger partial charge in [0.25, 0.3) is 0 Å². The fraction of sp³-hybridized carbons (Fsp3) is 0.500. The van der Waals surface area contributed by atoms with Gasteiger partial charge in [-0.2, -0.15) is 0 Å². The highest BCUT2D eigenvalue weighted by Crippen LogP contribution is 2.39. The van der Waals surface area contributed by atoms with Crippen LogP contribution < -0.4 is 0 Å². The lowest BCUT2D eigenvalue weighted by molar-refractivity contribution is -0.128. The Morgan fingerprint density at radius 2 is 2.07 bits per heavy atom. The first-order chi connectivity index (χ1) is 6.84. The number of aliphatic hydroxyl groups excluding tert-OH is 1. The Labute approximate surface area is 83.5 Å². The average molecular weight is 190 g/mol. The van der Waals surface area contributed by atoms with Gasteiger partial charge in [0.05, 0.1) is 12.2 Å². The fourth-order valence-corrected chi connectivity index (χ4v) is 2.55.